The van der Waals surface area contributed by atoms with Gasteiger partial charge in [-0.05, 0) is 40.9 Å². The minimum atomic E-state index is -0.527. The molecular formula is C11H14BrNO2. The Morgan fingerprint density at radius 2 is 2.47 bits per heavy atom. The standard InChI is InChI=1S/C11H14BrNO2/c12-9-4-1-5-13-10(9)11(14)8-3-2-6-15-7-8/h1,4-5,8,11,14H,2-3,6-7H2. The Kier molecular flexibility index (Phi) is 3.72. The van der Waals surface area contributed by atoms with Crippen molar-refractivity contribution in [2.75, 3.05) is 13.2 Å². The predicted molar refractivity (Wildman–Crippen MR) is 60.4 cm³/mol. The van der Waals surface area contributed by atoms with Gasteiger partial charge in [-0.15, -0.1) is 0 Å². The van der Waals surface area contributed by atoms with Gasteiger partial charge in [-0.2, -0.15) is 0 Å². The molecule has 1 aromatic heterocycles. The van der Waals surface area contributed by atoms with Gasteiger partial charge in [-0.1, -0.05) is 0 Å². The van der Waals surface area contributed by atoms with Crippen molar-refractivity contribution in [3.8, 4) is 0 Å². The number of aliphatic hydroxyl groups is 1. The van der Waals surface area contributed by atoms with Crippen LogP contribution in [-0.2, 0) is 4.74 Å². The molecule has 2 rings (SSSR count). The Labute approximate surface area is 97.6 Å². The first kappa shape index (κ1) is 11.0. The molecular weight excluding hydrogens is 258 g/mol. The molecule has 4 heteroatoms. The second-order valence-electron chi connectivity index (χ2n) is 3.79. The average Bonchev–Trinajstić information content (AvgIpc) is 2.30. The molecule has 3 nitrogen and oxygen atoms in total. The van der Waals surface area contributed by atoms with E-state index < -0.39 is 6.10 Å². The first-order valence-electron chi connectivity index (χ1n) is 5.15. The highest BCUT2D eigenvalue weighted by molar-refractivity contribution is 9.10. The molecule has 1 saturated heterocycles. The quantitative estimate of drug-likeness (QED) is 0.898. The van der Waals surface area contributed by atoms with Crippen molar-refractivity contribution in [1.82, 2.24) is 4.98 Å². The molecule has 82 valence electrons. The van der Waals surface area contributed by atoms with Crippen molar-refractivity contribution >= 4 is 15.9 Å². The summed E-state index contributed by atoms with van der Waals surface area (Å²) < 4.78 is 6.23. The van der Waals surface area contributed by atoms with Gasteiger partial charge in [0.2, 0.25) is 0 Å². The average molecular weight is 272 g/mol. The number of aromatic nitrogens is 1. The van der Waals surface area contributed by atoms with Crippen LogP contribution in [0.2, 0.25) is 0 Å². The molecule has 1 aliphatic heterocycles. The molecule has 1 aromatic rings. The van der Waals surface area contributed by atoms with Crippen LogP contribution in [0, 0.1) is 5.92 Å². The smallest absolute Gasteiger partial charge is 0.102 e. The number of hydrogen-bond donors (Lipinski definition) is 1. The third-order valence-corrected chi connectivity index (χ3v) is 3.38. The lowest BCUT2D eigenvalue weighted by molar-refractivity contribution is -0.0118. The highest BCUT2D eigenvalue weighted by Crippen LogP contribution is 2.31. The van der Waals surface area contributed by atoms with E-state index in [1.807, 2.05) is 12.1 Å². The molecule has 0 aliphatic carbocycles. The first-order valence-corrected chi connectivity index (χ1v) is 5.94. The maximum Gasteiger partial charge on any atom is 0.102 e. The minimum Gasteiger partial charge on any atom is -0.386 e. The maximum absolute atomic E-state index is 10.2. The molecule has 1 fully saturated rings. The predicted octanol–water partition coefficient (Wildman–Crippen LogP) is 2.30. The number of hydrogen-bond acceptors (Lipinski definition) is 3. The summed E-state index contributed by atoms with van der Waals surface area (Å²) in [5.41, 5.74) is 0.716. The monoisotopic (exact) mass is 271 g/mol. The van der Waals surface area contributed by atoms with Gasteiger partial charge in [0, 0.05) is 23.2 Å². The Hall–Kier alpha value is -0.450. The molecule has 2 heterocycles. The van der Waals surface area contributed by atoms with Crippen LogP contribution in [0.4, 0.5) is 0 Å². The van der Waals surface area contributed by atoms with E-state index >= 15 is 0 Å². The van der Waals surface area contributed by atoms with E-state index in [2.05, 4.69) is 20.9 Å². The van der Waals surface area contributed by atoms with Crippen molar-refractivity contribution in [1.29, 1.82) is 0 Å². The van der Waals surface area contributed by atoms with E-state index in [1.54, 1.807) is 6.20 Å². The first-order chi connectivity index (χ1) is 7.29. The van der Waals surface area contributed by atoms with Crippen LogP contribution in [-0.4, -0.2) is 23.3 Å². The number of pyridine rings is 1. The zero-order valence-electron chi connectivity index (χ0n) is 8.40. The fourth-order valence-corrected chi connectivity index (χ4v) is 2.34. The third kappa shape index (κ3) is 2.56. The van der Waals surface area contributed by atoms with Gasteiger partial charge in [0.1, 0.15) is 6.10 Å². The Morgan fingerprint density at radius 3 is 3.13 bits per heavy atom. The second kappa shape index (κ2) is 5.05. The normalized spacial score (nSPS) is 23.7. The fraction of sp³-hybridized carbons (Fsp3) is 0.545. The molecule has 0 bridgehead atoms. The van der Waals surface area contributed by atoms with Crippen LogP contribution in [0.25, 0.3) is 0 Å². The summed E-state index contributed by atoms with van der Waals surface area (Å²) in [5, 5.41) is 10.2. The number of nitrogens with zero attached hydrogens (tertiary/aromatic N) is 1. The number of halogens is 1. The van der Waals surface area contributed by atoms with E-state index in [-0.39, 0.29) is 5.92 Å². The maximum atomic E-state index is 10.2. The molecule has 0 saturated carbocycles. The Balaban J connectivity index is 2.12. The summed E-state index contributed by atoms with van der Waals surface area (Å²) in [5.74, 6) is 0.171. The van der Waals surface area contributed by atoms with Crippen molar-refractivity contribution in [3.05, 3.63) is 28.5 Å². The molecule has 0 amide bonds. The van der Waals surface area contributed by atoms with Crippen LogP contribution >= 0.6 is 15.9 Å². The molecule has 2 atom stereocenters. The number of ether oxygens (including phenoxy) is 1. The van der Waals surface area contributed by atoms with Gasteiger partial charge in [0.15, 0.2) is 0 Å². The van der Waals surface area contributed by atoms with E-state index in [4.69, 9.17) is 4.74 Å². The van der Waals surface area contributed by atoms with Gasteiger partial charge in [-0.3, -0.25) is 4.98 Å². The molecule has 0 spiro atoms. The summed E-state index contributed by atoms with van der Waals surface area (Å²) in [6.07, 6.45) is 3.20. The van der Waals surface area contributed by atoms with Crippen LogP contribution < -0.4 is 0 Å². The summed E-state index contributed by atoms with van der Waals surface area (Å²) in [7, 11) is 0. The van der Waals surface area contributed by atoms with Crippen molar-refractivity contribution in [3.63, 3.8) is 0 Å². The molecule has 2 unspecified atom stereocenters. The van der Waals surface area contributed by atoms with Crippen LogP contribution in [0.15, 0.2) is 22.8 Å². The summed E-state index contributed by atoms with van der Waals surface area (Å²) >= 11 is 3.40. The molecule has 15 heavy (non-hydrogen) atoms. The highest BCUT2D eigenvalue weighted by Gasteiger charge is 2.25. The van der Waals surface area contributed by atoms with Crippen molar-refractivity contribution in [2.45, 2.75) is 18.9 Å². The molecule has 1 N–H and O–H groups in total. The van der Waals surface area contributed by atoms with E-state index in [1.165, 1.54) is 0 Å². The lowest BCUT2D eigenvalue weighted by Crippen LogP contribution is -2.24. The zero-order valence-corrected chi connectivity index (χ0v) is 9.98. The van der Waals surface area contributed by atoms with Gasteiger partial charge in [-0.25, -0.2) is 0 Å². The van der Waals surface area contributed by atoms with E-state index in [0.29, 0.717) is 12.3 Å². The van der Waals surface area contributed by atoms with Crippen LogP contribution in [0.3, 0.4) is 0 Å². The molecule has 0 aromatic carbocycles. The second-order valence-corrected chi connectivity index (χ2v) is 4.65. The van der Waals surface area contributed by atoms with Gasteiger partial charge < -0.3 is 9.84 Å². The summed E-state index contributed by atoms with van der Waals surface area (Å²) in [6, 6.07) is 3.74. The SMILES string of the molecule is OC(c1ncccc1Br)C1CCCOC1. The summed E-state index contributed by atoms with van der Waals surface area (Å²) in [6.45, 7) is 1.44. The lowest BCUT2D eigenvalue weighted by atomic mass is 9.94. The van der Waals surface area contributed by atoms with Crippen molar-refractivity contribution < 1.29 is 9.84 Å². The van der Waals surface area contributed by atoms with Crippen LogP contribution in [0.1, 0.15) is 24.6 Å². The number of rotatable bonds is 2. The lowest BCUT2D eigenvalue weighted by Gasteiger charge is -2.26. The minimum absolute atomic E-state index is 0.171. The molecule has 0 radical (unpaired) electrons. The summed E-state index contributed by atoms with van der Waals surface area (Å²) in [4.78, 5) is 4.20. The largest absolute Gasteiger partial charge is 0.386 e. The van der Waals surface area contributed by atoms with E-state index in [9.17, 15) is 5.11 Å². The Morgan fingerprint density at radius 1 is 1.60 bits per heavy atom. The highest BCUT2D eigenvalue weighted by atomic mass is 79.9. The number of aliphatic hydroxyl groups excluding tert-OH is 1. The third-order valence-electron chi connectivity index (χ3n) is 2.71. The zero-order chi connectivity index (χ0) is 10.7. The van der Waals surface area contributed by atoms with Crippen molar-refractivity contribution in [2.24, 2.45) is 5.92 Å². The topological polar surface area (TPSA) is 42.4 Å². The van der Waals surface area contributed by atoms with Gasteiger partial charge >= 0.3 is 0 Å². The van der Waals surface area contributed by atoms with Crippen LogP contribution in [0.5, 0.6) is 0 Å². The molecule has 1 aliphatic rings. The van der Waals surface area contributed by atoms with Gasteiger partial charge in [0.05, 0.1) is 12.3 Å². The van der Waals surface area contributed by atoms with E-state index in [0.717, 1.165) is 23.9 Å². The van der Waals surface area contributed by atoms with Gasteiger partial charge in [0.25, 0.3) is 0 Å². The Bertz CT molecular complexity index is 326. The fourth-order valence-electron chi connectivity index (χ4n) is 1.85.